The average Bonchev–Trinajstić information content (AvgIpc) is 3.45. The first-order valence-electron chi connectivity index (χ1n) is 9.66. The number of aromatic nitrogens is 4. The molecular weight excluding hydrogens is 405 g/mol. The summed E-state index contributed by atoms with van der Waals surface area (Å²) in [5.41, 5.74) is 2.67. The number of nitrogens with one attached hydrogen (secondary N) is 1. The number of aromatic amines is 1. The van der Waals surface area contributed by atoms with Gasteiger partial charge in [-0.2, -0.15) is 0 Å². The molecule has 1 amide bonds. The van der Waals surface area contributed by atoms with Crippen LogP contribution >= 0.6 is 11.3 Å². The molecule has 1 fully saturated rings. The summed E-state index contributed by atoms with van der Waals surface area (Å²) in [6, 6.07) is 9.65. The van der Waals surface area contributed by atoms with Gasteiger partial charge in [-0.3, -0.25) is 9.59 Å². The minimum atomic E-state index is -0.296. The molecule has 30 heavy (non-hydrogen) atoms. The van der Waals surface area contributed by atoms with Gasteiger partial charge < -0.3 is 9.88 Å². The summed E-state index contributed by atoms with van der Waals surface area (Å²) >= 11 is 1.37. The molecule has 7 nitrogen and oxygen atoms in total. The summed E-state index contributed by atoms with van der Waals surface area (Å²) in [6.45, 7) is 1.07. The molecule has 0 atom stereocenters. The maximum atomic E-state index is 13.1. The summed E-state index contributed by atoms with van der Waals surface area (Å²) in [7, 11) is 0. The Morgan fingerprint density at radius 2 is 1.90 bits per heavy atom. The van der Waals surface area contributed by atoms with Gasteiger partial charge in [0.25, 0.3) is 11.5 Å². The van der Waals surface area contributed by atoms with E-state index in [4.69, 9.17) is 0 Å². The number of H-pyrrole nitrogens is 1. The molecule has 3 aromatic heterocycles. The van der Waals surface area contributed by atoms with Crippen LogP contribution in [0.2, 0.25) is 0 Å². The Morgan fingerprint density at radius 3 is 2.67 bits per heavy atom. The van der Waals surface area contributed by atoms with E-state index in [1.54, 1.807) is 35.4 Å². The smallest absolute Gasteiger partial charge is 0.287 e. The Hall–Kier alpha value is -3.33. The summed E-state index contributed by atoms with van der Waals surface area (Å²) in [5, 5.41) is 10.1. The van der Waals surface area contributed by atoms with Crippen molar-refractivity contribution in [2.24, 2.45) is 0 Å². The quantitative estimate of drug-likeness (QED) is 0.547. The number of nitrogens with zero attached hydrogens (tertiary/aromatic N) is 4. The predicted octanol–water partition coefficient (Wildman–Crippen LogP) is 3.46. The second-order valence-electron chi connectivity index (χ2n) is 7.31. The van der Waals surface area contributed by atoms with Crippen LogP contribution in [0, 0.1) is 5.82 Å². The highest BCUT2D eigenvalue weighted by atomic mass is 32.1. The van der Waals surface area contributed by atoms with Crippen molar-refractivity contribution in [1.29, 1.82) is 0 Å². The summed E-state index contributed by atoms with van der Waals surface area (Å²) in [6.07, 6.45) is 3.03. The lowest BCUT2D eigenvalue weighted by Crippen LogP contribution is -2.41. The number of hydrogen-bond donors (Lipinski definition) is 1. The van der Waals surface area contributed by atoms with E-state index in [0.717, 1.165) is 11.1 Å². The Morgan fingerprint density at radius 1 is 1.13 bits per heavy atom. The number of carbonyl (C=O) groups is 1. The fourth-order valence-corrected chi connectivity index (χ4v) is 4.59. The van der Waals surface area contributed by atoms with Crippen molar-refractivity contribution in [1.82, 2.24) is 24.9 Å². The van der Waals surface area contributed by atoms with Crippen molar-refractivity contribution >= 4 is 27.5 Å². The minimum absolute atomic E-state index is 0.0704. The highest BCUT2D eigenvalue weighted by molar-refractivity contribution is 7.17. The molecule has 152 valence electrons. The van der Waals surface area contributed by atoms with E-state index in [0.29, 0.717) is 41.8 Å². The highest BCUT2D eigenvalue weighted by Gasteiger charge is 2.27. The Labute approximate surface area is 174 Å². The second kappa shape index (κ2) is 7.49. The molecule has 0 bridgehead atoms. The molecule has 0 radical (unpaired) electrons. The van der Waals surface area contributed by atoms with Gasteiger partial charge in [-0.15, -0.1) is 16.4 Å². The summed E-state index contributed by atoms with van der Waals surface area (Å²) in [4.78, 5) is 30.3. The van der Waals surface area contributed by atoms with E-state index >= 15 is 0 Å². The molecule has 1 N–H and O–H groups in total. The first kappa shape index (κ1) is 18.7. The van der Waals surface area contributed by atoms with Crippen molar-refractivity contribution in [3.63, 3.8) is 0 Å². The van der Waals surface area contributed by atoms with E-state index in [9.17, 15) is 14.0 Å². The zero-order valence-corrected chi connectivity index (χ0v) is 16.7. The van der Waals surface area contributed by atoms with Gasteiger partial charge in [0.05, 0.1) is 6.04 Å². The van der Waals surface area contributed by atoms with Gasteiger partial charge in [-0.05, 0) is 53.6 Å². The molecule has 1 aromatic carbocycles. The fourth-order valence-electron chi connectivity index (χ4n) is 3.83. The van der Waals surface area contributed by atoms with E-state index in [1.807, 2.05) is 5.38 Å². The van der Waals surface area contributed by atoms with Crippen molar-refractivity contribution < 1.29 is 9.18 Å². The topological polar surface area (TPSA) is 83.9 Å². The predicted molar refractivity (Wildman–Crippen MR) is 112 cm³/mol. The molecule has 0 saturated carbocycles. The minimum Gasteiger partial charge on any atom is -0.357 e. The lowest BCUT2D eigenvalue weighted by Gasteiger charge is -2.31. The van der Waals surface area contributed by atoms with Crippen LogP contribution in [0.5, 0.6) is 0 Å². The van der Waals surface area contributed by atoms with Gasteiger partial charge in [-0.25, -0.2) is 9.07 Å². The Bertz CT molecular complexity index is 1270. The van der Waals surface area contributed by atoms with Gasteiger partial charge >= 0.3 is 0 Å². The number of piperidine rings is 1. The van der Waals surface area contributed by atoms with Crippen LogP contribution in [-0.2, 0) is 0 Å². The lowest BCUT2D eigenvalue weighted by atomic mass is 10.0. The third-order valence-electron chi connectivity index (χ3n) is 5.48. The number of halogens is 1. The van der Waals surface area contributed by atoms with E-state index in [2.05, 4.69) is 15.3 Å². The number of likely N-dealkylation sites (tertiary alicyclic amines) is 1. The van der Waals surface area contributed by atoms with Gasteiger partial charge in [0, 0.05) is 19.3 Å². The number of fused-ring (bicyclic) bond motifs is 1. The third-order valence-corrected chi connectivity index (χ3v) is 6.38. The zero-order valence-electron chi connectivity index (χ0n) is 15.9. The number of carbonyl (C=O) groups excluding carboxylic acids is 1. The van der Waals surface area contributed by atoms with Crippen molar-refractivity contribution in [2.45, 2.75) is 18.9 Å². The van der Waals surface area contributed by atoms with Crippen molar-refractivity contribution in [3.05, 3.63) is 69.8 Å². The Balaban J connectivity index is 1.28. The standard InChI is InChI=1S/C21H18FN5O2S/c22-15-3-1-13(2-4-15)14-11-18(23-12-14)20(28)26-8-5-16(6-9-26)27-21(29)19-17(24-25-27)7-10-30-19/h1-4,7,10-12,16,23H,5-6,8-9H2. The molecule has 0 unspecified atom stereocenters. The van der Waals surface area contributed by atoms with Crippen LogP contribution in [0.3, 0.4) is 0 Å². The Kier molecular flexibility index (Phi) is 4.66. The molecule has 9 heteroatoms. The van der Waals surface area contributed by atoms with Crippen LogP contribution in [0.15, 0.2) is 52.8 Å². The SMILES string of the molecule is O=C(c1cc(-c2ccc(F)cc2)c[nH]1)N1CCC(n2nnc3ccsc3c2=O)CC1. The van der Waals surface area contributed by atoms with Crippen LogP contribution in [0.25, 0.3) is 21.3 Å². The van der Waals surface area contributed by atoms with Crippen LogP contribution in [0.1, 0.15) is 29.4 Å². The number of rotatable bonds is 3. The van der Waals surface area contributed by atoms with Gasteiger partial charge in [-0.1, -0.05) is 17.3 Å². The zero-order chi connectivity index (χ0) is 20.7. The maximum Gasteiger partial charge on any atom is 0.287 e. The number of hydrogen-bond acceptors (Lipinski definition) is 5. The largest absolute Gasteiger partial charge is 0.357 e. The number of thiophene rings is 1. The van der Waals surface area contributed by atoms with Gasteiger partial charge in [0.2, 0.25) is 0 Å². The molecule has 4 heterocycles. The highest BCUT2D eigenvalue weighted by Crippen LogP contribution is 2.25. The van der Waals surface area contributed by atoms with Crippen molar-refractivity contribution in [3.8, 4) is 11.1 Å². The van der Waals surface area contributed by atoms with E-state index in [1.165, 1.54) is 28.2 Å². The molecule has 4 aromatic rings. The monoisotopic (exact) mass is 423 g/mol. The maximum absolute atomic E-state index is 13.1. The summed E-state index contributed by atoms with van der Waals surface area (Å²) < 4.78 is 15.2. The second-order valence-corrected chi connectivity index (χ2v) is 8.22. The molecular formula is C21H18FN5O2S. The molecule has 0 aliphatic carbocycles. The fraction of sp³-hybridized carbons (Fsp3) is 0.238. The molecule has 1 aliphatic rings. The lowest BCUT2D eigenvalue weighted by molar-refractivity contribution is 0.0682. The molecule has 5 rings (SSSR count). The number of benzene rings is 1. The molecule has 1 saturated heterocycles. The number of amides is 1. The van der Waals surface area contributed by atoms with Gasteiger partial charge in [0.1, 0.15) is 21.7 Å². The first-order chi connectivity index (χ1) is 14.6. The van der Waals surface area contributed by atoms with Gasteiger partial charge in [0.15, 0.2) is 0 Å². The summed E-state index contributed by atoms with van der Waals surface area (Å²) in [5.74, 6) is -0.385. The molecule has 0 spiro atoms. The van der Waals surface area contributed by atoms with Crippen LogP contribution in [0.4, 0.5) is 4.39 Å². The average molecular weight is 423 g/mol. The van der Waals surface area contributed by atoms with E-state index in [-0.39, 0.29) is 23.3 Å². The molecule has 1 aliphatic heterocycles. The first-order valence-corrected chi connectivity index (χ1v) is 10.5. The van der Waals surface area contributed by atoms with Crippen LogP contribution < -0.4 is 5.56 Å². The van der Waals surface area contributed by atoms with Crippen molar-refractivity contribution in [2.75, 3.05) is 13.1 Å². The van der Waals surface area contributed by atoms with E-state index < -0.39 is 0 Å². The third kappa shape index (κ3) is 3.30. The normalized spacial score (nSPS) is 15.0. The van der Waals surface area contributed by atoms with Crippen LogP contribution in [-0.4, -0.2) is 43.9 Å².